The maximum atomic E-state index is 4.48. The average Bonchev–Trinajstić information content (AvgIpc) is 1.97. The molecular weight excluding hydrogens is 126 g/mol. The lowest BCUT2D eigenvalue weighted by atomic mass is 10.3. The van der Waals surface area contributed by atoms with Gasteiger partial charge in [-0.05, 0) is 26.2 Å². The zero-order chi connectivity index (χ0) is 7.66. The minimum absolute atomic E-state index is 0.863. The number of nitrogens with zero attached hydrogens (tertiary/aromatic N) is 1. The van der Waals surface area contributed by atoms with Crippen molar-refractivity contribution in [2.75, 3.05) is 7.11 Å². The molecule has 0 saturated carbocycles. The van der Waals surface area contributed by atoms with Gasteiger partial charge in [-0.2, -0.15) is 0 Å². The van der Waals surface area contributed by atoms with Crippen molar-refractivity contribution < 1.29 is 4.84 Å². The van der Waals surface area contributed by atoms with E-state index in [2.05, 4.69) is 23.0 Å². The third-order valence-electron chi connectivity index (χ3n) is 0.976. The minimum atomic E-state index is 0.863. The molecular formula is C8H14NO. The zero-order valence-electron chi connectivity index (χ0n) is 6.42. The van der Waals surface area contributed by atoms with Crippen LogP contribution in [0.25, 0.3) is 0 Å². The van der Waals surface area contributed by atoms with Crippen LogP contribution in [0, 0.1) is 6.92 Å². The Morgan fingerprint density at radius 2 is 2.20 bits per heavy atom. The maximum absolute atomic E-state index is 4.48. The van der Waals surface area contributed by atoms with Gasteiger partial charge in [-0.15, -0.1) is 0 Å². The van der Waals surface area contributed by atoms with Crippen LogP contribution < -0.4 is 0 Å². The fraction of sp³-hybridized carbons (Fsp3) is 0.500. The molecule has 0 aromatic rings. The van der Waals surface area contributed by atoms with Crippen LogP contribution in [-0.4, -0.2) is 13.3 Å². The van der Waals surface area contributed by atoms with Crippen LogP contribution in [0.1, 0.15) is 19.3 Å². The first-order valence-corrected chi connectivity index (χ1v) is 3.41. The molecule has 0 spiro atoms. The molecule has 0 atom stereocenters. The van der Waals surface area contributed by atoms with Gasteiger partial charge in [0, 0.05) is 6.21 Å². The van der Waals surface area contributed by atoms with Crippen LogP contribution >= 0.6 is 0 Å². The summed E-state index contributed by atoms with van der Waals surface area (Å²) in [7, 11) is 1.54. The van der Waals surface area contributed by atoms with Gasteiger partial charge in [-0.1, -0.05) is 17.3 Å². The van der Waals surface area contributed by atoms with E-state index in [0.29, 0.717) is 0 Å². The Hall–Kier alpha value is -0.790. The third-order valence-corrected chi connectivity index (χ3v) is 0.976. The summed E-state index contributed by atoms with van der Waals surface area (Å²) in [6, 6.07) is 0. The van der Waals surface area contributed by atoms with Crippen LogP contribution in [0.3, 0.4) is 0 Å². The number of allylic oxidation sites excluding steroid dienone is 2. The molecule has 0 rings (SSSR count). The van der Waals surface area contributed by atoms with E-state index in [9.17, 15) is 0 Å². The van der Waals surface area contributed by atoms with E-state index in [1.807, 2.05) is 6.08 Å². The van der Waals surface area contributed by atoms with Crippen molar-refractivity contribution >= 4 is 6.21 Å². The van der Waals surface area contributed by atoms with Crippen molar-refractivity contribution in [1.82, 2.24) is 0 Å². The van der Waals surface area contributed by atoms with E-state index in [4.69, 9.17) is 0 Å². The van der Waals surface area contributed by atoms with Crippen LogP contribution in [0.5, 0.6) is 0 Å². The molecule has 0 aromatic carbocycles. The molecule has 1 radical (unpaired) electrons. The molecule has 0 fully saturated rings. The number of hydrogen-bond acceptors (Lipinski definition) is 2. The predicted molar refractivity (Wildman–Crippen MR) is 43.8 cm³/mol. The topological polar surface area (TPSA) is 21.6 Å². The molecule has 0 unspecified atom stereocenters. The van der Waals surface area contributed by atoms with Crippen LogP contribution in [0.2, 0.25) is 0 Å². The highest BCUT2D eigenvalue weighted by atomic mass is 16.6. The van der Waals surface area contributed by atoms with Gasteiger partial charge in [0.2, 0.25) is 0 Å². The lowest BCUT2D eigenvalue weighted by molar-refractivity contribution is 0.214. The number of hydrogen-bond donors (Lipinski definition) is 0. The summed E-state index contributed by atoms with van der Waals surface area (Å²) >= 11 is 0. The fourth-order valence-electron chi connectivity index (χ4n) is 0.534. The Labute approximate surface area is 62.6 Å². The molecule has 0 aromatic heterocycles. The predicted octanol–water partition coefficient (Wildman–Crippen LogP) is 2.18. The normalized spacial score (nSPS) is 11.4. The summed E-state index contributed by atoms with van der Waals surface area (Å²) < 4.78 is 0. The minimum Gasteiger partial charge on any atom is -0.399 e. The molecule has 0 heterocycles. The standard InChI is InChI=1S/C8H14NO/c1-3-4-5-6-7-8-9-10-2/h4-5,8H,1,3,6-7H2,2H3. The van der Waals surface area contributed by atoms with Crippen molar-refractivity contribution in [3.8, 4) is 0 Å². The molecule has 2 heteroatoms. The van der Waals surface area contributed by atoms with Gasteiger partial charge >= 0.3 is 0 Å². The third kappa shape index (κ3) is 7.21. The lowest BCUT2D eigenvalue weighted by Crippen LogP contribution is -1.74. The van der Waals surface area contributed by atoms with Crippen molar-refractivity contribution in [2.45, 2.75) is 19.3 Å². The van der Waals surface area contributed by atoms with Gasteiger partial charge in [0.05, 0.1) is 0 Å². The lowest BCUT2D eigenvalue weighted by Gasteiger charge is -1.85. The first-order valence-electron chi connectivity index (χ1n) is 3.41. The van der Waals surface area contributed by atoms with Crippen LogP contribution in [0.4, 0.5) is 0 Å². The summed E-state index contributed by atoms with van der Waals surface area (Å²) in [4.78, 5) is 4.48. The molecule has 0 bridgehead atoms. The highest BCUT2D eigenvalue weighted by Gasteiger charge is 1.75. The molecule has 10 heavy (non-hydrogen) atoms. The van der Waals surface area contributed by atoms with Gasteiger partial charge in [0.25, 0.3) is 0 Å². The maximum Gasteiger partial charge on any atom is 0.106 e. The molecule has 0 amide bonds. The Balaban J connectivity index is 3.04. The Kier molecular flexibility index (Phi) is 7.56. The van der Waals surface area contributed by atoms with Gasteiger partial charge in [0.15, 0.2) is 0 Å². The number of rotatable bonds is 5. The first-order chi connectivity index (χ1) is 4.91. The fourth-order valence-corrected chi connectivity index (χ4v) is 0.534. The quantitative estimate of drug-likeness (QED) is 0.248. The van der Waals surface area contributed by atoms with Crippen molar-refractivity contribution in [2.24, 2.45) is 5.16 Å². The van der Waals surface area contributed by atoms with E-state index in [0.717, 1.165) is 19.3 Å². The first kappa shape index (κ1) is 9.21. The second-order valence-corrected chi connectivity index (χ2v) is 1.81. The van der Waals surface area contributed by atoms with Crippen molar-refractivity contribution in [3.63, 3.8) is 0 Å². The van der Waals surface area contributed by atoms with E-state index >= 15 is 0 Å². The molecule has 2 nitrogen and oxygen atoms in total. The SMILES string of the molecule is [CH2]CC=CCCC=NOC. The van der Waals surface area contributed by atoms with Crippen LogP contribution in [-0.2, 0) is 4.84 Å². The second-order valence-electron chi connectivity index (χ2n) is 1.81. The summed E-state index contributed by atoms with van der Waals surface area (Å²) in [6.07, 6.45) is 8.71. The highest BCUT2D eigenvalue weighted by molar-refractivity contribution is 5.56. The second kappa shape index (κ2) is 8.21. The summed E-state index contributed by atoms with van der Waals surface area (Å²) in [5.41, 5.74) is 0. The van der Waals surface area contributed by atoms with E-state index in [1.165, 1.54) is 0 Å². The van der Waals surface area contributed by atoms with E-state index < -0.39 is 0 Å². The van der Waals surface area contributed by atoms with Gasteiger partial charge in [-0.25, -0.2) is 0 Å². The molecule has 0 aliphatic carbocycles. The summed E-state index contributed by atoms with van der Waals surface area (Å²) in [6.45, 7) is 3.67. The number of oxime groups is 1. The van der Waals surface area contributed by atoms with Gasteiger partial charge < -0.3 is 4.84 Å². The molecule has 0 N–H and O–H groups in total. The smallest absolute Gasteiger partial charge is 0.106 e. The molecule has 0 aliphatic rings. The Morgan fingerprint density at radius 1 is 1.40 bits per heavy atom. The Morgan fingerprint density at radius 3 is 2.80 bits per heavy atom. The summed E-state index contributed by atoms with van der Waals surface area (Å²) in [5.74, 6) is 0. The van der Waals surface area contributed by atoms with Gasteiger partial charge in [0.1, 0.15) is 7.11 Å². The zero-order valence-corrected chi connectivity index (χ0v) is 6.42. The molecule has 0 aliphatic heterocycles. The largest absolute Gasteiger partial charge is 0.399 e. The molecule has 0 saturated heterocycles. The highest BCUT2D eigenvalue weighted by Crippen LogP contribution is 1.89. The van der Waals surface area contributed by atoms with E-state index in [1.54, 1.807) is 13.3 Å². The van der Waals surface area contributed by atoms with Gasteiger partial charge in [-0.3, -0.25) is 0 Å². The van der Waals surface area contributed by atoms with Crippen LogP contribution in [0.15, 0.2) is 17.3 Å². The number of unbranched alkanes of at least 4 members (excludes halogenated alkanes) is 1. The van der Waals surface area contributed by atoms with E-state index in [-0.39, 0.29) is 0 Å². The average molecular weight is 140 g/mol. The summed E-state index contributed by atoms with van der Waals surface area (Å²) in [5, 5.41) is 3.59. The van der Waals surface area contributed by atoms with Crippen molar-refractivity contribution in [3.05, 3.63) is 19.1 Å². The van der Waals surface area contributed by atoms with Crippen molar-refractivity contribution in [1.29, 1.82) is 0 Å². The molecule has 57 valence electrons. The Bertz CT molecular complexity index is 93.8. The monoisotopic (exact) mass is 140 g/mol.